The van der Waals surface area contributed by atoms with Crippen molar-refractivity contribution in [2.24, 2.45) is 11.7 Å². The first-order chi connectivity index (χ1) is 10.0. The van der Waals surface area contributed by atoms with Crippen LogP contribution in [-0.4, -0.2) is 4.98 Å². The van der Waals surface area contributed by atoms with Crippen LogP contribution in [0.2, 0.25) is 0 Å². The molecular formula is C19H26N2. The molecule has 0 aliphatic carbocycles. The number of rotatable bonds is 6. The van der Waals surface area contributed by atoms with E-state index < -0.39 is 0 Å². The van der Waals surface area contributed by atoms with Crippen molar-refractivity contribution in [3.8, 4) is 0 Å². The Bertz CT molecular complexity index is 558. The maximum Gasteiger partial charge on any atom is 0.0407 e. The van der Waals surface area contributed by atoms with Crippen LogP contribution in [0.3, 0.4) is 0 Å². The molecule has 1 aromatic carbocycles. The fourth-order valence-corrected chi connectivity index (χ4v) is 2.58. The lowest BCUT2D eigenvalue weighted by molar-refractivity contribution is 0.637. The van der Waals surface area contributed by atoms with Gasteiger partial charge in [0.05, 0.1) is 0 Å². The molecule has 2 rings (SSSR count). The van der Waals surface area contributed by atoms with Crippen LogP contribution < -0.4 is 5.73 Å². The fourth-order valence-electron chi connectivity index (χ4n) is 2.58. The first-order valence-corrected chi connectivity index (χ1v) is 7.81. The number of benzene rings is 1. The number of aromatic nitrogens is 1. The standard InChI is InChI=1S/C19H26N2/c1-14(2)13-16-7-9-17(10-8-16)19(20)12-11-18-6-4-5-15(3)21-18/h4-10,14,19H,11-13,20H2,1-3H3. The first-order valence-electron chi connectivity index (χ1n) is 7.81. The van der Waals surface area contributed by atoms with Crippen LogP contribution in [0.4, 0.5) is 0 Å². The van der Waals surface area contributed by atoms with Gasteiger partial charge in [-0.05, 0) is 55.4 Å². The Morgan fingerprint density at radius 2 is 1.76 bits per heavy atom. The summed E-state index contributed by atoms with van der Waals surface area (Å²) in [5, 5.41) is 0. The smallest absolute Gasteiger partial charge is 0.0407 e. The van der Waals surface area contributed by atoms with E-state index in [1.54, 1.807) is 0 Å². The summed E-state index contributed by atoms with van der Waals surface area (Å²) in [6.07, 6.45) is 2.99. The predicted molar refractivity (Wildman–Crippen MR) is 89.2 cm³/mol. The number of nitrogens with zero attached hydrogens (tertiary/aromatic N) is 1. The monoisotopic (exact) mass is 282 g/mol. The third-order valence-electron chi connectivity index (χ3n) is 3.71. The summed E-state index contributed by atoms with van der Waals surface area (Å²) in [4.78, 5) is 4.53. The number of hydrogen-bond donors (Lipinski definition) is 1. The van der Waals surface area contributed by atoms with E-state index in [0.717, 1.165) is 30.7 Å². The highest BCUT2D eigenvalue weighted by atomic mass is 14.7. The first kappa shape index (κ1) is 15.7. The minimum atomic E-state index is 0.0837. The normalized spacial score (nSPS) is 12.6. The lowest BCUT2D eigenvalue weighted by Gasteiger charge is -2.13. The van der Waals surface area contributed by atoms with Crippen LogP contribution in [0.15, 0.2) is 42.5 Å². The lowest BCUT2D eigenvalue weighted by Crippen LogP contribution is -2.12. The molecule has 0 fully saturated rings. The zero-order valence-corrected chi connectivity index (χ0v) is 13.3. The molecule has 0 aliphatic heterocycles. The van der Waals surface area contributed by atoms with Gasteiger partial charge >= 0.3 is 0 Å². The second-order valence-electron chi connectivity index (χ2n) is 6.26. The van der Waals surface area contributed by atoms with E-state index in [1.807, 2.05) is 13.0 Å². The van der Waals surface area contributed by atoms with Crippen molar-refractivity contribution >= 4 is 0 Å². The van der Waals surface area contributed by atoms with Gasteiger partial charge in [-0.15, -0.1) is 0 Å². The summed E-state index contributed by atoms with van der Waals surface area (Å²) in [5.41, 5.74) is 11.1. The molecule has 1 atom stereocenters. The van der Waals surface area contributed by atoms with Crippen molar-refractivity contribution in [1.82, 2.24) is 4.98 Å². The highest BCUT2D eigenvalue weighted by molar-refractivity contribution is 5.25. The van der Waals surface area contributed by atoms with E-state index in [0.29, 0.717) is 5.92 Å². The molecule has 0 amide bonds. The fraction of sp³-hybridized carbons (Fsp3) is 0.421. The van der Waals surface area contributed by atoms with Gasteiger partial charge in [0.2, 0.25) is 0 Å². The molecule has 0 bridgehead atoms. The van der Waals surface area contributed by atoms with Crippen molar-refractivity contribution < 1.29 is 0 Å². The Morgan fingerprint density at radius 1 is 1.05 bits per heavy atom. The van der Waals surface area contributed by atoms with E-state index in [9.17, 15) is 0 Å². The molecule has 0 saturated heterocycles. The Morgan fingerprint density at radius 3 is 2.38 bits per heavy atom. The molecule has 2 nitrogen and oxygen atoms in total. The minimum absolute atomic E-state index is 0.0837. The van der Waals surface area contributed by atoms with E-state index in [4.69, 9.17) is 5.73 Å². The molecule has 2 aromatic rings. The minimum Gasteiger partial charge on any atom is -0.324 e. The Kier molecular flexibility index (Phi) is 5.51. The molecule has 1 heterocycles. The van der Waals surface area contributed by atoms with Gasteiger partial charge in [-0.3, -0.25) is 4.98 Å². The van der Waals surface area contributed by atoms with Crippen LogP contribution in [0.5, 0.6) is 0 Å². The number of pyridine rings is 1. The summed E-state index contributed by atoms with van der Waals surface area (Å²) >= 11 is 0. The average molecular weight is 282 g/mol. The lowest BCUT2D eigenvalue weighted by atomic mass is 9.97. The largest absolute Gasteiger partial charge is 0.324 e. The summed E-state index contributed by atoms with van der Waals surface area (Å²) in [7, 11) is 0. The predicted octanol–water partition coefficient (Wildman–Crippen LogP) is 4.22. The third-order valence-corrected chi connectivity index (χ3v) is 3.71. The quantitative estimate of drug-likeness (QED) is 0.861. The SMILES string of the molecule is Cc1cccc(CCC(N)c2ccc(CC(C)C)cc2)n1. The van der Waals surface area contributed by atoms with Crippen LogP contribution in [0, 0.1) is 12.8 Å². The molecule has 0 saturated carbocycles. The Balaban J connectivity index is 1.92. The van der Waals surface area contributed by atoms with Crippen LogP contribution in [0.25, 0.3) is 0 Å². The van der Waals surface area contributed by atoms with Gasteiger partial charge < -0.3 is 5.73 Å². The summed E-state index contributed by atoms with van der Waals surface area (Å²) in [5.74, 6) is 0.692. The average Bonchev–Trinajstić information content (AvgIpc) is 2.45. The molecule has 0 radical (unpaired) electrons. The number of nitrogens with two attached hydrogens (primary N) is 1. The molecule has 0 spiro atoms. The Hall–Kier alpha value is -1.67. The van der Waals surface area contributed by atoms with Gasteiger partial charge in [0, 0.05) is 17.4 Å². The summed E-state index contributed by atoms with van der Waals surface area (Å²) in [6, 6.07) is 15.0. The topological polar surface area (TPSA) is 38.9 Å². The van der Waals surface area contributed by atoms with Crippen molar-refractivity contribution in [2.75, 3.05) is 0 Å². The van der Waals surface area contributed by atoms with Gasteiger partial charge in [-0.25, -0.2) is 0 Å². The van der Waals surface area contributed by atoms with Crippen LogP contribution in [0.1, 0.15) is 48.8 Å². The molecule has 2 N–H and O–H groups in total. The maximum absolute atomic E-state index is 6.30. The van der Waals surface area contributed by atoms with Crippen molar-refractivity contribution in [3.05, 3.63) is 65.0 Å². The van der Waals surface area contributed by atoms with E-state index in [1.165, 1.54) is 11.1 Å². The van der Waals surface area contributed by atoms with Crippen molar-refractivity contribution in [3.63, 3.8) is 0 Å². The van der Waals surface area contributed by atoms with Gasteiger partial charge in [-0.2, -0.15) is 0 Å². The van der Waals surface area contributed by atoms with E-state index in [2.05, 4.69) is 55.2 Å². The zero-order valence-electron chi connectivity index (χ0n) is 13.3. The summed E-state index contributed by atoms with van der Waals surface area (Å²) in [6.45, 7) is 6.51. The molecule has 0 aliphatic rings. The van der Waals surface area contributed by atoms with Crippen LogP contribution in [-0.2, 0) is 12.8 Å². The molecule has 21 heavy (non-hydrogen) atoms. The molecular weight excluding hydrogens is 256 g/mol. The Labute approximate surface area is 128 Å². The second kappa shape index (κ2) is 7.37. The number of hydrogen-bond acceptors (Lipinski definition) is 2. The van der Waals surface area contributed by atoms with E-state index in [-0.39, 0.29) is 6.04 Å². The maximum atomic E-state index is 6.30. The molecule has 1 unspecified atom stereocenters. The van der Waals surface area contributed by atoms with E-state index >= 15 is 0 Å². The van der Waals surface area contributed by atoms with Gasteiger partial charge in [0.15, 0.2) is 0 Å². The third kappa shape index (κ3) is 4.98. The highest BCUT2D eigenvalue weighted by Crippen LogP contribution is 2.18. The van der Waals surface area contributed by atoms with Crippen molar-refractivity contribution in [2.45, 2.75) is 46.1 Å². The highest BCUT2D eigenvalue weighted by Gasteiger charge is 2.07. The number of aryl methyl sites for hydroxylation is 2. The molecule has 112 valence electrons. The second-order valence-corrected chi connectivity index (χ2v) is 6.26. The van der Waals surface area contributed by atoms with Crippen LogP contribution >= 0.6 is 0 Å². The van der Waals surface area contributed by atoms with Crippen molar-refractivity contribution in [1.29, 1.82) is 0 Å². The van der Waals surface area contributed by atoms with Gasteiger partial charge in [0.25, 0.3) is 0 Å². The molecule has 2 heteroatoms. The summed E-state index contributed by atoms with van der Waals surface area (Å²) < 4.78 is 0. The van der Waals surface area contributed by atoms with Gasteiger partial charge in [0.1, 0.15) is 0 Å². The zero-order chi connectivity index (χ0) is 15.2. The van der Waals surface area contributed by atoms with Gasteiger partial charge in [-0.1, -0.05) is 44.2 Å². The molecule has 1 aromatic heterocycles.